The molecule has 0 atom stereocenters. The standard InChI is InChI=1S/C30H37N6O2PS/c1-20-19-40-29-27(20)28(32-23-8-5-6-9-26(23)39(3,4)37)33-30(34-29)31-21-10-11-24(25(18-21)38-2)36-16-12-22(13-17-36)35-14-7-15-35/h5-6,8-11,18-19,22H,7,12-17H2,1-4H3,(H2,31,32,33,34). The van der Waals surface area contributed by atoms with Crippen molar-refractivity contribution < 1.29 is 9.30 Å². The molecule has 10 heteroatoms. The summed E-state index contributed by atoms with van der Waals surface area (Å²) in [4.78, 5) is 15.7. The molecule has 2 aliphatic rings. The number of methoxy groups -OCH3 is 1. The van der Waals surface area contributed by atoms with E-state index in [9.17, 15) is 4.57 Å². The topological polar surface area (TPSA) is 82.6 Å². The van der Waals surface area contributed by atoms with Crippen LogP contribution in [0.15, 0.2) is 47.8 Å². The van der Waals surface area contributed by atoms with Crippen LogP contribution in [0.25, 0.3) is 10.2 Å². The molecule has 210 valence electrons. The van der Waals surface area contributed by atoms with E-state index in [1.807, 2.05) is 30.3 Å². The Labute approximate surface area is 240 Å². The number of likely N-dealkylation sites (tertiary alicyclic amines) is 1. The number of ether oxygens (including phenoxy) is 1. The van der Waals surface area contributed by atoms with Gasteiger partial charge < -0.3 is 29.7 Å². The highest BCUT2D eigenvalue weighted by atomic mass is 32.1. The summed E-state index contributed by atoms with van der Waals surface area (Å²) in [6.45, 7) is 10.2. The van der Waals surface area contributed by atoms with Crippen molar-refractivity contribution in [1.82, 2.24) is 14.9 Å². The number of fused-ring (bicyclic) bond motifs is 1. The summed E-state index contributed by atoms with van der Waals surface area (Å²) in [6, 6.07) is 14.7. The quantitative estimate of drug-likeness (QED) is 0.233. The smallest absolute Gasteiger partial charge is 0.230 e. The number of thiophene rings is 1. The summed E-state index contributed by atoms with van der Waals surface area (Å²) in [7, 11) is -0.761. The number of anilines is 5. The Hall–Kier alpha value is -3.13. The van der Waals surface area contributed by atoms with Crippen LogP contribution in [0.5, 0.6) is 5.75 Å². The summed E-state index contributed by atoms with van der Waals surface area (Å²) in [6.07, 6.45) is 3.74. The second-order valence-electron chi connectivity index (χ2n) is 11.1. The molecule has 0 unspecified atom stereocenters. The third kappa shape index (κ3) is 5.42. The minimum absolute atomic E-state index is 0.496. The molecule has 40 heavy (non-hydrogen) atoms. The summed E-state index contributed by atoms with van der Waals surface area (Å²) in [5, 5.41) is 10.8. The zero-order valence-electron chi connectivity index (χ0n) is 23.6. The number of benzene rings is 2. The Morgan fingerprint density at radius 1 is 1.02 bits per heavy atom. The van der Waals surface area contributed by atoms with Gasteiger partial charge >= 0.3 is 0 Å². The molecular weight excluding hydrogens is 539 g/mol. The molecule has 0 spiro atoms. The maximum Gasteiger partial charge on any atom is 0.230 e. The van der Waals surface area contributed by atoms with Crippen molar-refractivity contribution in [1.29, 1.82) is 0 Å². The molecule has 2 aromatic heterocycles. The van der Waals surface area contributed by atoms with E-state index in [0.29, 0.717) is 11.8 Å². The van der Waals surface area contributed by atoms with Crippen LogP contribution in [0, 0.1) is 6.92 Å². The number of hydrogen-bond donors (Lipinski definition) is 2. The zero-order valence-corrected chi connectivity index (χ0v) is 25.3. The van der Waals surface area contributed by atoms with Crippen molar-refractivity contribution in [3.8, 4) is 5.75 Å². The molecule has 2 N–H and O–H groups in total. The minimum atomic E-state index is -2.49. The maximum absolute atomic E-state index is 13.0. The van der Waals surface area contributed by atoms with E-state index < -0.39 is 7.14 Å². The van der Waals surface area contributed by atoms with Crippen LogP contribution in [0.3, 0.4) is 0 Å². The van der Waals surface area contributed by atoms with Crippen LogP contribution >= 0.6 is 18.5 Å². The highest BCUT2D eigenvalue weighted by Crippen LogP contribution is 2.40. The van der Waals surface area contributed by atoms with Gasteiger partial charge in [0.2, 0.25) is 5.95 Å². The SMILES string of the molecule is COc1cc(Nc2nc(Nc3ccccc3P(C)(C)=O)c3c(C)csc3n2)ccc1N1CCC(N2CCC2)CC1. The number of nitrogens with one attached hydrogen (secondary N) is 2. The van der Waals surface area contributed by atoms with Gasteiger partial charge in [0.15, 0.2) is 0 Å². The third-order valence-electron chi connectivity index (χ3n) is 8.00. The van der Waals surface area contributed by atoms with Crippen molar-refractivity contribution in [3.05, 3.63) is 53.4 Å². The average molecular weight is 577 g/mol. The fraction of sp³-hybridized carbons (Fsp3) is 0.400. The molecule has 0 radical (unpaired) electrons. The normalized spacial score (nSPS) is 16.6. The summed E-state index contributed by atoms with van der Waals surface area (Å²) < 4.78 is 18.8. The summed E-state index contributed by atoms with van der Waals surface area (Å²) in [5.74, 6) is 2.03. The Morgan fingerprint density at radius 2 is 1.80 bits per heavy atom. The molecule has 2 saturated heterocycles. The lowest BCUT2D eigenvalue weighted by Crippen LogP contribution is -2.50. The van der Waals surface area contributed by atoms with Crippen molar-refractivity contribution >= 4 is 62.8 Å². The van der Waals surface area contributed by atoms with Crippen LogP contribution in [0.4, 0.5) is 28.8 Å². The average Bonchev–Trinajstić information content (AvgIpc) is 3.28. The number of piperidine rings is 1. The molecule has 4 aromatic rings. The van der Waals surface area contributed by atoms with Crippen LogP contribution in [0.2, 0.25) is 0 Å². The third-order valence-corrected chi connectivity index (χ3v) is 10.5. The van der Waals surface area contributed by atoms with Crippen LogP contribution < -0.4 is 25.6 Å². The minimum Gasteiger partial charge on any atom is -0.495 e. The van der Waals surface area contributed by atoms with E-state index in [1.54, 1.807) is 31.8 Å². The van der Waals surface area contributed by atoms with Gasteiger partial charge in [0.1, 0.15) is 23.5 Å². The van der Waals surface area contributed by atoms with Gasteiger partial charge in [0.25, 0.3) is 0 Å². The van der Waals surface area contributed by atoms with E-state index >= 15 is 0 Å². The first-order valence-corrected chi connectivity index (χ1v) is 17.4. The van der Waals surface area contributed by atoms with E-state index in [4.69, 9.17) is 14.7 Å². The first-order valence-electron chi connectivity index (χ1n) is 13.9. The van der Waals surface area contributed by atoms with E-state index in [1.165, 1.54) is 32.4 Å². The van der Waals surface area contributed by atoms with Crippen molar-refractivity contribution in [3.63, 3.8) is 0 Å². The second kappa shape index (κ2) is 11.0. The van der Waals surface area contributed by atoms with Crippen molar-refractivity contribution in [2.45, 2.75) is 32.2 Å². The van der Waals surface area contributed by atoms with E-state index in [-0.39, 0.29) is 0 Å². The number of aryl methyl sites for hydroxylation is 1. The second-order valence-corrected chi connectivity index (χ2v) is 15.1. The first kappa shape index (κ1) is 27.1. The predicted molar refractivity (Wildman–Crippen MR) is 169 cm³/mol. The number of nitrogens with zero attached hydrogens (tertiary/aromatic N) is 4. The highest BCUT2D eigenvalue weighted by molar-refractivity contribution is 7.70. The van der Waals surface area contributed by atoms with Gasteiger partial charge in [0.05, 0.1) is 23.9 Å². The summed E-state index contributed by atoms with van der Waals surface area (Å²) in [5.41, 5.74) is 3.90. The number of hydrogen-bond acceptors (Lipinski definition) is 9. The fourth-order valence-electron chi connectivity index (χ4n) is 5.73. The largest absolute Gasteiger partial charge is 0.495 e. The van der Waals surface area contributed by atoms with Gasteiger partial charge in [-0.25, -0.2) is 4.98 Å². The van der Waals surface area contributed by atoms with Crippen molar-refractivity contribution in [2.24, 2.45) is 0 Å². The van der Waals surface area contributed by atoms with Crippen LogP contribution in [-0.2, 0) is 4.57 Å². The monoisotopic (exact) mass is 576 g/mol. The molecule has 0 amide bonds. The van der Waals surface area contributed by atoms with E-state index in [0.717, 1.165) is 63.0 Å². The highest BCUT2D eigenvalue weighted by Gasteiger charge is 2.29. The lowest BCUT2D eigenvalue weighted by atomic mass is 9.99. The number of aromatic nitrogens is 2. The number of rotatable bonds is 8. The molecule has 6 rings (SSSR count). The van der Waals surface area contributed by atoms with Crippen LogP contribution in [0.1, 0.15) is 24.8 Å². The molecule has 2 aliphatic heterocycles. The van der Waals surface area contributed by atoms with Gasteiger partial charge in [-0.1, -0.05) is 12.1 Å². The van der Waals surface area contributed by atoms with Crippen LogP contribution in [-0.4, -0.2) is 67.5 Å². The van der Waals surface area contributed by atoms with Gasteiger partial charge in [-0.15, -0.1) is 11.3 Å². The first-order chi connectivity index (χ1) is 19.3. The Balaban J connectivity index is 1.26. The molecule has 8 nitrogen and oxygen atoms in total. The lowest BCUT2D eigenvalue weighted by Gasteiger charge is -2.43. The molecule has 2 fully saturated rings. The molecule has 2 aromatic carbocycles. The molecule has 4 heterocycles. The van der Waals surface area contributed by atoms with Gasteiger partial charge in [-0.05, 0) is 87.8 Å². The molecule has 0 saturated carbocycles. The Kier molecular flexibility index (Phi) is 7.46. The number of para-hydroxylation sites is 1. The van der Waals surface area contributed by atoms with Gasteiger partial charge in [0, 0.05) is 36.2 Å². The summed E-state index contributed by atoms with van der Waals surface area (Å²) >= 11 is 1.59. The van der Waals surface area contributed by atoms with Gasteiger partial charge in [-0.2, -0.15) is 4.98 Å². The van der Waals surface area contributed by atoms with Crippen molar-refractivity contribution in [2.75, 3.05) is 62.2 Å². The lowest BCUT2D eigenvalue weighted by molar-refractivity contribution is 0.100. The fourth-order valence-corrected chi connectivity index (χ4v) is 7.81. The molecular formula is C30H37N6O2PS. The zero-order chi connectivity index (χ0) is 27.9. The Bertz CT molecular complexity index is 1570. The maximum atomic E-state index is 13.0. The Morgan fingerprint density at radius 3 is 2.50 bits per heavy atom. The molecule has 0 aliphatic carbocycles. The van der Waals surface area contributed by atoms with Gasteiger partial charge in [-0.3, -0.25) is 0 Å². The predicted octanol–water partition coefficient (Wildman–Crippen LogP) is 6.42. The molecule has 0 bridgehead atoms. The van der Waals surface area contributed by atoms with E-state index in [2.05, 4.69) is 44.9 Å².